The van der Waals surface area contributed by atoms with Gasteiger partial charge in [0, 0.05) is 6.92 Å². The maximum absolute atomic E-state index is 9.98. The van der Waals surface area contributed by atoms with Gasteiger partial charge in [-0.05, 0) is 5.18 Å². The molecule has 0 atom stereocenters. The third-order valence-electron chi connectivity index (χ3n) is 0.517. The number of nitroso groups, excluding NO2 is 1. The van der Waals surface area contributed by atoms with Crippen molar-refractivity contribution in [1.29, 1.82) is 0 Å². The molecule has 0 spiro atoms. The SMILES string of the molecule is C=C(N=O)C(C)=O. The van der Waals surface area contributed by atoms with Gasteiger partial charge in [0.1, 0.15) is 5.70 Å². The lowest BCUT2D eigenvalue weighted by Gasteiger charge is -1.78. The van der Waals surface area contributed by atoms with Gasteiger partial charge in [0.25, 0.3) is 0 Å². The van der Waals surface area contributed by atoms with Crippen molar-refractivity contribution in [3.63, 3.8) is 0 Å². The summed E-state index contributed by atoms with van der Waals surface area (Å²) in [4.78, 5) is 19.4. The predicted molar refractivity (Wildman–Crippen MR) is 25.6 cm³/mol. The Morgan fingerprint density at radius 3 is 2.14 bits per heavy atom. The van der Waals surface area contributed by atoms with E-state index in [1.165, 1.54) is 6.92 Å². The van der Waals surface area contributed by atoms with Crippen LogP contribution in [0.2, 0.25) is 0 Å². The molecule has 3 heteroatoms. The molecule has 0 unspecified atom stereocenters. The molecular formula is C4H5NO2. The second-order valence-corrected chi connectivity index (χ2v) is 1.09. The zero-order valence-electron chi connectivity index (χ0n) is 3.97. The smallest absolute Gasteiger partial charge is 0.181 e. The van der Waals surface area contributed by atoms with Crippen LogP contribution in [-0.2, 0) is 4.79 Å². The number of hydrogen-bond donors (Lipinski definition) is 0. The summed E-state index contributed by atoms with van der Waals surface area (Å²) in [6, 6.07) is 0. The minimum atomic E-state index is -0.380. The molecule has 0 aromatic rings. The normalized spacial score (nSPS) is 7.57. The van der Waals surface area contributed by atoms with E-state index in [9.17, 15) is 9.70 Å². The molecule has 0 fully saturated rings. The third kappa shape index (κ3) is 1.81. The van der Waals surface area contributed by atoms with Crippen LogP contribution in [0, 0.1) is 4.91 Å². The first-order valence-corrected chi connectivity index (χ1v) is 1.71. The molecule has 0 N–H and O–H groups in total. The fraction of sp³-hybridized carbons (Fsp3) is 0.250. The van der Waals surface area contributed by atoms with Crippen LogP contribution in [0.25, 0.3) is 0 Å². The van der Waals surface area contributed by atoms with Crippen LogP contribution in [0.3, 0.4) is 0 Å². The number of Topliss-reactive ketones (excluding diaryl/α,β-unsaturated/α-hetero) is 1. The Kier molecular flexibility index (Phi) is 1.91. The average Bonchev–Trinajstić information content (AvgIpc) is 1.65. The van der Waals surface area contributed by atoms with Crippen molar-refractivity contribution in [3.05, 3.63) is 17.2 Å². The van der Waals surface area contributed by atoms with Crippen molar-refractivity contribution in [2.75, 3.05) is 0 Å². The molecule has 0 aliphatic carbocycles. The van der Waals surface area contributed by atoms with Crippen molar-refractivity contribution in [3.8, 4) is 0 Å². The Bertz CT molecular complexity index is 117. The van der Waals surface area contributed by atoms with Crippen molar-refractivity contribution < 1.29 is 4.79 Å². The fourth-order valence-electron chi connectivity index (χ4n) is 0.0643. The lowest BCUT2D eigenvalue weighted by molar-refractivity contribution is -0.113. The zero-order chi connectivity index (χ0) is 5.86. The zero-order valence-corrected chi connectivity index (χ0v) is 3.97. The highest BCUT2D eigenvalue weighted by atomic mass is 16.3. The molecule has 0 aliphatic heterocycles. The van der Waals surface area contributed by atoms with E-state index < -0.39 is 0 Å². The van der Waals surface area contributed by atoms with Gasteiger partial charge in [-0.15, -0.1) is 4.91 Å². The molecule has 0 amide bonds. The largest absolute Gasteiger partial charge is 0.293 e. The first-order valence-electron chi connectivity index (χ1n) is 1.71. The van der Waals surface area contributed by atoms with E-state index in [-0.39, 0.29) is 11.5 Å². The van der Waals surface area contributed by atoms with E-state index >= 15 is 0 Å². The second kappa shape index (κ2) is 2.23. The molecule has 7 heavy (non-hydrogen) atoms. The second-order valence-electron chi connectivity index (χ2n) is 1.09. The number of carbonyl (C=O) groups excluding carboxylic acids is 1. The third-order valence-corrected chi connectivity index (χ3v) is 0.517. The van der Waals surface area contributed by atoms with Crippen molar-refractivity contribution >= 4 is 5.78 Å². The number of hydrogen-bond acceptors (Lipinski definition) is 3. The fourth-order valence-corrected chi connectivity index (χ4v) is 0.0643. The maximum atomic E-state index is 9.98. The minimum Gasteiger partial charge on any atom is -0.293 e. The summed E-state index contributed by atoms with van der Waals surface area (Å²) >= 11 is 0. The van der Waals surface area contributed by atoms with Crippen LogP contribution in [0.1, 0.15) is 6.92 Å². The highest BCUT2D eigenvalue weighted by Gasteiger charge is 1.95. The van der Waals surface area contributed by atoms with E-state index in [0.29, 0.717) is 0 Å². The van der Waals surface area contributed by atoms with Gasteiger partial charge in [0.2, 0.25) is 0 Å². The number of ketones is 1. The molecule has 0 saturated heterocycles. The van der Waals surface area contributed by atoms with Crippen molar-refractivity contribution in [1.82, 2.24) is 0 Å². The Labute approximate surface area is 41.0 Å². The molecular weight excluding hydrogens is 94.0 g/mol. The monoisotopic (exact) mass is 99.0 g/mol. The summed E-state index contributed by atoms with van der Waals surface area (Å²) in [7, 11) is 0. The lowest BCUT2D eigenvalue weighted by atomic mass is 10.4. The summed E-state index contributed by atoms with van der Waals surface area (Å²) in [5, 5.41) is 2.29. The molecule has 0 bridgehead atoms. The standard InChI is InChI=1S/C4H5NO2/c1-3(5-7)4(2)6/h1H2,2H3. The van der Waals surface area contributed by atoms with E-state index in [2.05, 4.69) is 11.8 Å². The van der Waals surface area contributed by atoms with Crippen LogP contribution in [0.4, 0.5) is 0 Å². The van der Waals surface area contributed by atoms with E-state index in [1.54, 1.807) is 0 Å². The first kappa shape index (κ1) is 6.01. The van der Waals surface area contributed by atoms with Gasteiger partial charge >= 0.3 is 0 Å². The Hall–Kier alpha value is -0.990. The van der Waals surface area contributed by atoms with Crippen LogP contribution < -0.4 is 0 Å². The van der Waals surface area contributed by atoms with Crippen LogP contribution in [0.5, 0.6) is 0 Å². The highest BCUT2D eigenvalue weighted by molar-refractivity contribution is 5.92. The molecule has 0 saturated carbocycles. The van der Waals surface area contributed by atoms with Crippen LogP contribution in [-0.4, -0.2) is 5.78 Å². The summed E-state index contributed by atoms with van der Waals surface area (Å²) < 4.78 is 0. The van der Waals surface area contributed by atoms with Crippen LogP contribution >= 0.6 is 0 Å². The molecule has 38 valence electrons. The minimum absolute atomic E-state index is 0.222. The molecule has 0 aliphatic rings. The van der Waals surface area contributed by atoms with Gasteiger partial charge in [-0.25, -0.2) is 0 Å². The molecule has 0 aromatic heterocycles. The number of nitrogens with zero attached hydrogens (tertiary/aromatic N) is 1. The first-order chi connectivity index (χ1) is 3.18. The van der Waals surface area contributed by atoms with Gasteiger partial charge in [-0.1, -0.05) is 6.58 Å². The van der Waals surface area contributed by atoms with Gasteiger partial charge in [0.05, 0.1) is 0 Å². The van der Waals surface area contributed by atoms with E-state index in [4.69, 9.17) is 0 Å². The summed E-state index contributed by atoms with van der Waals surface area (Å²) in [5.74, 6) is -0.380. The number of carbonyl (C=O) groups is 1. The van der Waals surface area contributed by atoms with Crippen molar-refractivity contribution in [2.24, 2.45) is 5.18 Å². The summed E-state index contributed by atoms with van der Waals surface area (Å²) in [6.45, 7) is 4.28. The molecule has 0 aromatic carbocycles. The maximum Gasteiger partial charge on any atom is 0.181 e. The molecule has 3 nitrogen and oxygen atoms in total. The van der Waals surface area contributed by atoms with Crippen molar-refractivity contribution in [2.45, 2.75) is 6.92 Å². The predicted octanol–water partition coefficient (Wildman–Crippen LogP) is 0.855. The van der Waals surface area contributed by atoms with Crippen LogP contribution in [0.15, 0.2) is 17.5 Å². The van der Waals surface area contributed by atoms with E-state index in [0.717, 1.165) is 0 Å². The number of allylic oxidation sites excluding steroid dienone is 1. The summed E-state index contributed by atoms with van der Waals surface area (Å²) in [5.41, 5.74) is -0.222. The highest BCUT2D eigenvalue weighted by Crippen LogP contribution is 1.89. The topological polar surface area (TPSA) is 46.5 Å². The Morgan fingerprint density at radius 2 is 2.14 bits per heavy atom. The molecule has 0 radical (unpaired) electrons. The molecule has 0 heterocycles. The van der Waals surface area contributed by atoms with Gasteiger partial charge in [-0.2, -0.15) is 0 Å². The molecule has 0 rings (SSSR count). The summed E-state index contributed by atoms with van der Waals surface area (Å²) in [6.07, 6.45) is 0. The lowest BCUT2D eigenvalue weighted by Crippen LogP contribution is -1.88. The van der Waals surface area contributed by atoms with E-state index in [1.807, 2.05) is 0 Å². The number of rotatable bonds is 2. The quantitative estimate of drug-likeness (QED) is 0.380. The Balaban J connectivity index is 3.81. The Morgan fingerprint density at radius 1 is 1.71 bits per heavy atom. The average molecular weight is 99.1 g/mol. The van der Waals surface area contributed by atoms with Gasteiger partial charge in [0.15, 0.2) is 5.78 Å². The van der Waals surface area contributed by atoms with Gasteiger partial charge < -0.3 is 0 Å². The van der Waals surface area contributed by atoms with Gasteiger partial charge in [-0.3, -0.25) is 4.79 Å².